The minimum Gasteiger partial charge on any atom is -0.208 e. The molecule has 8 rings (SSSR count). The van der Waals surface area contributed by atoms with Crippen LogP contribution in [0.2, 0.25) is 0 Å². The highest BCUT2D eigenvalue weighted by molar-refractivity contribution is 6.01. The molecule has 0 aliphatic heterocycles. The van der Waals surface area contributed by atoms with Crippen molar-refractivity contribution in [2.45, 2.75) is 12.8 Å². The van der Waals surface area contributed by atoms with Crippen LogP contribution < -0.4 is 0 Å². The van der Waals surface area contributed by atoms with E-state index < -0.39 is 0 Å². The molecule has 1 aromatic heterocycles. The van der Waals surface area contributed by atoms with E-state index in [1.165, 1.54) is 32.7 Å². The van der Waals surface area contributed by atoms with Crippen molar-refractivity contribution in [3.05, 3.63) is 158 Å². The molecule has 0 bridgehead atoms. The van der Waals surface area contributed by atoms with E-state index in [4.69, 9.17) is 15.0 Å². The first-order valence-electron chi connectivity index (χ1n) is 15.1. The van der Waals surface area contributed by atoms with E-state index in [0.717, 1.165) is 40.7 Å². The molecule has 7 aromatic rings. The van der Waals surface area contributed by atoms with E-state index in [-0.39, 0.29) is 0 Å². The molecule has 3 heteroatoms. The van der Waals surface area contributed by atoms with E-state index in [1.54, 1.807) is 0 Å². The monoisotopic (exact) mass is 563 g/mol. The number of benzene rings is 6. The lowest BCUT2D eigenvalue weighted by Gasteiger charge is -2.15. The lowest BCUT2D eigenvalue weighted by molar-refractivity contribution is 1.01. The number of rotatable bonds is 5. The van der Waals surface area contributed by atoms with Gasteiger partial charge in [0.1, 0.15) is 0 Å². The van der Waals surface area contributed by atoms with Crippen molar-refractivity contribution in [1.82, 2.24) is 15.0 Å². The summed E-state index contributed by atoms with van der Waals surface area (Å²) in [5.41, 5.74) is 7.58. The maximum absolute atomic E-state index is 5.11. The minimum absolute atomic E-state index is 0.664. The molecule has 0 radical (unpaired) electrons. The molecule has 1 aliphatic carbocycles. The maximum Gasteiger partial charge on any atom is 0.164 e. The molecule has 0 atom stereocenters. The average molecular weight is 564 g/mol. The van der Waals surface area contributed by atoms with Crippen molar-refractivity contribution >= 4 is 27.1 Å². The number of fused-ring (bicyclic) bond motifs is 2. The Hall–Kier alpha value is -5.67. The van der Waals surface area contributed by atoms with E-state index in [2.05, 4.69) is 133 Å². The largest absolute Gasteiger partial charge is 0.208 e. The summed E-state index contributed by atoms with van der Waals surface area (Å²) in [7, 11) is 0. The normalized spacial score (nSPS) is 12.9. The van der Waals surface area contributed by atoms with Gasteiger partial charge in [-0.3, -0.25) is 0 Å². The topological polar surface area (TPSA) is 38.7 Å². The van der Waals surface area contributed by atoms with Crippen LogP contribution in [-0.2, 0) is 0 Å². The lowest BCUT2D eigenvalue weighted by atomic mass is 9.91. The van der Waals surface area contributed by atoms with Gasteiger partial charge in [-0.2, -0.15) is 0 Å². The Morgan fingerprint density at radius 1 is 0.409 bits per heavy atom. The van der Waals surface area contributed by atoms with Gasteiger partial charge in [0.25, 0.3) is 0 Å². The molecule has 208 valence electrons. The van der Waals surface area contributed by atoms with E-state index >= 15 is 0 Å². The van der Waals surface area contributed by atoms with Gasteiger partial charge in [0.05, 0.1) is 0 Å². The second-order valence-corrected chi connectivity index (χ2v) is 11.2. The van der Waals surface area contributed by atoms with Gasteiger partial charge in [0, 0.05) is 16.7 Å². The van der Waals surface area contributed by atoms with Crippen LogP contribution in [0.25, 0.3) is 72.1 Å². The first-order valence-corrected chi connectivity index (χ1v) is 15.1. The van der Waals surface area contributed by atoms with Crippen LogP contribution in [-0.4, -0.2) is 15.0 Å². The van der Waals surface area contributed by atoms with Gasteiger partial charge in [-0.05, 0) is 74.8 Å². The summed E-state index contributed by atoms with van der Waals surface area (Å²) < 4.78 is 0. The quantitative estimate of drug-likeness (QED) is 0.209. The molecule has 1 aliphatic rings. The molecule has 0 spiro atoms. The highest BCUT2D eigenvalue weighted by Gasteiger charge is 2.17. The summed E-state index contributed by atoms with van der Waals surface area (Å²) in [5.74, 6) is 2.04. The van der Waals surface area contributed by atoms with Crippen molar-refractivity contribution in [3.63, 3.8) is 0 Å². The number of nitrogens with zero attached hydrogens (tertiary/aromatic N) is 3. The van der Waals surface area contributed by atoms with Crippen LogP contribution in [0, 0.1) is 0 Å². The fourth-order valence-electron chi connectivity index (χ4n) is 6.15. The zero-order valence-corrected chi connectivity index (χ0v) is 24.2. The Morgan fingerprint density at radius 3 is 1.55 bits per heavy atom. The third-order valence-electron chi connectivity index (χ3n) is 8.31. The average Bonchev–Trinajstić information content (AvgIpc) is 3.11. The van der Waals surface area contributed by atoms with Crippen molar-refractivity contribution in [3.8, 4) is 45.0 Å². The second kappa shape index (κ2) is 11.2. The van der Waals surface area contributed by atoms with Crippen LogP contribution in [0.1, 0.15) is 18.7 Å². The molecule has 0 saturated carbocycles. The van der Waals surface area contributed by atoms with Crippen LogP contribution in [0.4, 0.5) is 0 Å². The van der Waals surface area contributed by atoms with Gasteiger partial charge in [-0.1, -0.05) is 133 Å². The first-order chi connectivity index (χ1) is 21.8. The van der Waals surface area contributed by atoms with Crippen molar-refractivity contribution < 1.29 is 0 Å². The summed E-state index contributed by atoms with van der Waals surface area (Å²) >= 11 is 0. The minimum atomic E-state index is 0.664. The van der Waals surface area contributed by atoms with Gasteiger partial charge in [0.15, 0.2) is 17.5 Å². The van der Waals surface area contributed by atoms with Gasteiger partial charge in [0.2, 0.25) is 0 Å². The molecule has 0 unspecified atom stereocenters. The fraction of sp³-hybridized carbons (Fsp3) is 0.0488. The fourth-order valence-corrected chi connectivity index (χ4v) is 6.15. The smallest absolute Gasteiger partial charge is 0.164 e. The molecule has 0 saturated heterocycles. The van der Waals surface area contributed by atoms with E-state index in [0.29, 0.717) is 17.5 Å². The van der Waals surface area contributed by atoms with Gasteiger partial charge in [-0.25, -0.2) is 15.0 Å². The molecular formula is C41H29N3. The standard InChI is InChI=1S/C41H29N3/c1-3-15-30(16-4-1)39-42-40(31-17-5-2-6-18-31)44-41(43-39)34-26-32(37-23-11-19-28-13-7-9-21-35(28)37)25-33(27-34)38-24-12-20-29-14-8-10-22-36(29)38/h1,3-5,7-27H,2,6H2. The Kier molecular flexibility index (Phi) is 6.62. The van der Waals surface area contributed by atoms with Gasteiger partial charge >= 0.3 is 0 Å². The van der Waals surface area contributed by atoms with Gasteiger partial charge < -0.3 is 0 Å². The zero-order chi connectivity index (χ0) is 29.3. The summed E-state index contributed by atoms with van der Waals surface area (Å²) in [6, 6.07) is 47.1. The van der Waals surface area contributed by atoms with Crippen LogP contribution >= 0.6 is 0 Å². The number of hydrogen-bond donors (Lipinski definition) is 0. The van der Waals surface area contributed by atoms with E-state index in [9.17, 15) is 0 Å². The summed E-state index contributed by atoms with van der Waals surface area (Å²) in [4.78, 5) is 15.1. The number of hydrogen-bond acceptors (Lipinski definition) is 3. The molecule has 0 fully saturated rings. The van der Waals surface area contributed by atoms with Crippen molar-refractivity contribution in [2.75, 3.05) is 0 Å². The zero-order valence-electron chi connectivity index (χ0n) is 24.2. The number of allylic oxidation sites excluding steroid dienone is 4. The number of aromatic nitrogens is 3. The third kappa shape index (κ3) is 4.89. The molecule has 0 N–H and O–H groups in total. The van der Waals surface area contributed by atoms with Crippen molar-refractivity contribution in [1.29, 1.82) is 0 Å². The molecule has 3 nitrogen and oxygen atoms in total. The molecule has 1 heterocycles. The van der Waals surface area contributed by atoms with Crippen LogP contribution in [0.5, 0.6) is 0 Å². The third-order valence-corrected chi connectivity index (χ3v) is 8.31. The molecule has 6 aromatic carbocycles. The first kappa shape index (κ1) is 26.0. The van der Waals surface area contributed by atoms with Crippen LogP contribution in [0.15, 0.2) is 152 Å². The predicted molar refractivity (Wildman–Crippen MR) is 183 cm³/mol. The Labute approximate surface area is 256 Å². The van der Waals surface area contributed by atoms with Gasteiger partial charge in [-0.15, -0.1) is 0 Å². The Balaban J connectivity index is 1.40. The molecule has 44 heavy (non-hydrogen) atoms. The Morgan fingerprint density at radius 2 is 0.932 bits per heavy atom. The maximum atomic E-state index is 5.11. The lowest BCUT2D eigenvalue weighted by Crippen LogP contribution is -2.03. The highest BCUT2D eigenvalue weighted by atomic mass is 15.0. The summed E-state index contributed by atoms with van der Waals surface area (Å²) in [5, 5.41) is 4.86. The Bertz CT molecular complexity index is 2120. The SMILES string of the molecule is C1=CC(c2nc(-c3ccccc3)nc(-c3cc(-c4cccc5ccccc45)cc(-c4cccc5ccccc45)c3)n2)=CCC1. The van der Waals surface area contributed by atoms with Crippen molar-refractivity contribution in [2.24, 2.45) is 0 Å². The summed E-state index contributed by atoms with van der Waals surface area (Å²) in [6.45, 7) is 0. The molecule has 0 amide bonds. The van der Waals surface area contributed by atoms with Crippen LogP contribution in [0.3, 0.4) is 0 Å². The predicted octanol–water partition coefficient (Wildman–Crippen LogP) is 10.6. The second-order valence-electron chi connectivity index (χ2n) is 11.2. The molecular weight excluding hydrogens is 534 g/mol. The highest BCUT2D eigenvalue weighted by Crippen LogP contribution is 2.38. The summed E-state index contributed by atoms with van der Waals surface area (Å²) in [6.07, 6.45) is 8.57. The van der Waals surface area contributed by atoms with E-state index in [1.807, 2.05) is 18.2 Å².